The molecule has 1 aromatic carbocycles. The molecule has 2 aliphatic rings. The Morgan fingerprint density at radius 2 is 1.88 bits per heavy atom. The number of carbonyl (C=O) groups is 2. The van der Waals surface area contributed by atoms with Crippen LogP contribution in [0.2, 0.25) is 0 Å². The number of ether oxygens (including phenoxy) is 1. The van der Waals surface area contributed by atoms with Gasteiger partial charge in [-0.15, -0.1) is 0 Å². The molecule has 7 heteroatoms. The molecule has 25 heavy (non-hydrogen) atoms. The SMILES string of the molecule is O=C1NCCCC[C@H]1N1CCN(C(=O)COc2ccc(F)cc2)CC1. The van der Waals surface area contributed by atoms with E-state index in [0.717, 1.165) is 25.8 Å². The van der Waals surface area contributed by atoms with Gasteiger partial charge in [-0.1, -0.05) is 0 Å². The molecule has 0 unspecified atom stereocenters. The maximum absolute atomic E-state index is 12.9. The zero-order chi connectivity index (χ0) is 17.6. The number of benzene rings is 1. The summed E-state index contributed by atoms with van der Waals surface area (Å²) in [6.45, 7) is 3.27. The van der Waals surface area contributed by atoms with E-state index in [2.05, 4.69) is 10.2 Å². The smallest absolute Gasteiger partial charge is 0.260 e. The minimum absolute atomic E-state index is 0.0600. The number of halogens is 1. The van der Waals surface area contributed by atoms with E-state index in [1.54, 1.807) is 4.90 Å². The number of hydrogen-bond donors (Lipinski definition) is 1. The van der Waals surface area contributed by atoms with Gasteiger partial charge >= 0.3 is 0 Å². The highest BCUT2D eigenvalue weighted by molar-refractivity contribution is 5.82. The molecule has 2 heterocycles. The summed E-state index contributed by atoms with van der Waals surface area (Å²) >= 11 is 0. The molecule has 136 valence electrons. The molecule has 2 saturated heterocycles. The van der Waals surface area contributed by atoms with Crippen molar-refractivity contribution in [3.8, 4) is 5.75 Å². The fourth-order valence-electron chi connectivity index (χ4n) is 3.32. The van der Waals surface area contributed by atoms with Crippen molar-refractivity contribution < 1.29 is 18.7 Å². The van der Waals surface area contributed by atoms with Crippen molar-refractivity contribution in [2.24, 2.45) is 0 Å². The first kappa shape index (κ1) is 17.7. The molecule has 0 aromatic heterocycles. The maximum Gasteiger partial charge on any atom is 0.260 e. The minimum Gasteiger partial charge on any atom is -0.484 e. The highest BCUT2D eigenvalue weighted by Gasteiger charge is 2.31. The fourth-order valence-corrected chi connectivity index (χ4v) is 3.32. The van der Waals surface area contributed by atoms with Gasteiger partial charge in [0.1, 0.15) is 11.6 Å². The Morgan fingerprint density at radius 1 is 1.16 bits per heavy atom. The van der Waals surface area contributed by atoms with Gasteiger partial charge in [0.05, 0.1) is 6.04 Å². The number of carbonyl (C=O) groups excluding carboxylic acids is 2. The van der Waals surface area contributed by atoms with E-state index in [4.69, 9.17) is 4.74 Å². The van der Waals surface area contributed by atoms with E-state index in [-0.39, 0.29) is 30.3 Å². The van der Waals surface area contributed by atoms with E-state index in [1.165, 1.54) is 24.3 Å². The Balaban J connectivity index is 1.45. The van der Waals surface area contributed by atoms with Gasteiger partial charge in [0.25, 0.3) is 5.91 Å². The standard InChI is InChI=1S/C18H24FN3O3/c19-14-4-6-15(7-5-14)25-13-17(23)22-11-9-21(10-12-22)16-3-1-2-8-20-18(16)24/h4-7,16H,1-3,8-13H2,(H,20,24)/t16-/m1/s1. The third-order valence-electron chi connectivity index (χ3n) is 4.79. The quantitative estimate of drug-likeness (QED) is 0.882. The molecule has 1 aromatic rings. The van der Waals surface area contributed by atoms with E-state index < -0.39 is 0 Å². The summed E-state index contributed by atoms with van der Waals surface area (Å²) in [4.78, 5) is 28.3. The summed E-state index contributed by atoms with van der Waals surface area (Å²) in [7, 11) is 0. The Labute approximate surface area is 146 Å². The molecule has 0 spiro atoms. The second-order valence-electron chi connectivity index (χ2n) is 6.46. The zero-order valence-electron chi connectivity index (χ0n) is 14.2. The normalized spacial score (nSPS) is 22.2. The van der Waals surface area contributed by atoms with Gasteiger partial charge in [0.2, 0.25) is 5.91 Å². The number of nitrogens with zero attached hydrogens (tertiary/aromatic N) is 2. The molecule has 0 bridgehead atoms. The third kappa shape index (κ3) is 4.69. The van der Waals surface area contributed by atoms with Crippen LogP contribution in [0.25, 0.3) is 0 Å². The number of nitrogens with one attached hydrogen (secondary N) is 1. The van der Waals surface area contributed by atoms with Crippen LogP contribution in [0, 0.1) is 5.82 Å². The second-order valence-corrected chi connectivity index (χ2v) is 6.46. The molecule has 2 aliphatic heterocycles. The molecule has 0 saturated carbocycles. The van der Waals surface area contributed by atoms with Crippen molar-refractivity contribution in [3.63, 3.8) is 0 Å². The van der Waals surface area contributed by atoms with Crippen molar-refractivity contribution in [2.75, 3.05) is 39.3 Å². The van der Waals surface area contributed by atoms with Crippen molar-refractivity contribution in [1.82, 2.24) is 15.1 Å². The minimum atomic E-state index is -0.336. The summed E-state index contributed by atoms with van der Waals surface area (Å²) < 4.78 is 18.3. The Morgan fingerprint density at radius 3 is 2.60 bits per heavy atom. The van der Waals surface area contributed by atoms with Crippen molar-refractivity contribution >= 4 is 11.8 Å². The van der Waals surface area contributed by atoms with Crippen molar-refractivity contribution in [1.29, 1.82) is 0 Å². The molecule has 0 radical (unpaired) electrons. The number of rotatable bonds is 4. The predicted octanol–water partition coefficient (Wildman–Crippen LogP) is 1.02. The van der Waals surface area contributed by atoms with Gasteiger partial charge in [-0.2, -0.15) is 0 Å². The van der Waals surface area contributed by atoms with E-state index >= 15 is 0 Å². The Kier molecular flexibility index (Phi) is 5.86. The molecular formula is C18H24FN3O3. The molecule has 2 amide bonds. The second kappa shape index (κ2) is 8.29. The highest BCUT2D eigenvalue weighted by atomic mass is 19.1. The van der Waals surface area contributed by atoms with Gasteiger partial charge in [0, 0.05) is 32.7 Å². The Hall–Kier alpha value is -2.15. The first-order chi connectivity index (χ1) is 12.1. The molecule has 1 N–H and O–H groups in total. The molecule has 3 rings (SSSR count). The third-order valence-corrected chi connectivity index (χ3v) is 4.79. The van der Waals surface area contributed by atoms with Crippen LogP contribution < -0.4 is 10.1 Å². The highest BCUT2D eigenvalue weighted by Crippen LogP contribution is 2.16. The average Bonchev–Trinajstić information content (AvgIpc) is 2.85. The number of hydrogen-bond acceptors (Lipinski definition) is 4. The lowest BCUT2D eigenvalue weighted by atomic mass is 10.1. The lowest BCUT2D eigenvalue weighted by Crippen LogP contribution is -2.56. The van der Waals surface area contributed by atoms with Crippen LogP contribution in [-0.4, -0.2) is 67.0 Å². The van der Waals surface area contributed by atoms with Crippen LogP contribution in [0.3, 0.4) is 0 Å². The van der Waals surface area contributed by atoms with Crippen LogP contribution in [-0.2, 0) is 9.59 Å². The summed E-state index contributed by atoms with van der Waals surface area (Å²) in [6.07, 6.45) is 2.96. The fraction of sp³-hybridized carbons (Fsp3) is 0.556. The van der Waals surface area contributed by atoms with Crippen molar-refractivity contribution in [2.45, 2.75) is 25.3 Å². The molecule has 6 nitrogen and oxygen atoms in total. The van der Waals surface area contributed by atoms with E-state index in [1.807, 2.05) is 0 Å². The molecule has 0 aliphatic carbocycles. The van der Waals surface area contributed by atoms with Crippen LogP contribution in [0.5, 0.6) is 5.75 Å². The topological polar surface area (TPSA) is 61.9 Å². The summed E-state index contributed by atoms with van der Waals surface area (Å²) in [5.41, 5.74) is 0. The van der Waals surface area contributed by atoms with Crippen LogP contribution in [0.1, 0.15) is 19.3 Å². The lowest BCUT2D eigenvalue weighted by molar-refractivity contribution is -0.136. The monoisotopic (exact) mass is 349 g/mol. The molecular weight excluding hydrogens is 325 g/mol. The maximum atomic E-state index is 12.9. The van der Waals surface area contributed by atoms with Gasteiger partial charge in [0.15, 0.2) is 6.61 Å². The lowest BCUT2D eigenvalue weighted by Gasteiger charge is -2.38. The van der Waals surface area contributed by atoms with Gasteiger partial charge in [-0.3, -0.25) is 14.5 Å². The van der Waals surface area contributed by atoms with Gasteiger partial charge in [-0.25, -0.2) is 4.39 Å². The molecule has 1 atom stereocenters. The number of amides is 2. The zero-order valence-corrected chi connectivity index (χ0v) is 14.2. The van der Waals surface area contributed by atoms with Crippen LogP contribution >= 0.6 is 0 Å². The molecule has 2 fully saturated rings. The largest absolute Gasteiger partial charge is 0.484 e. The summed E-state index contributed by atoms with van der Waals surface area (Å²) in [5.74, 6) is 0.159. The van der Waals surface area contributed by atoms with E-state index in [0.29, 0.717) is 31.9 Å². The Bertz CT molecular complexity index is 600. The summed E-state index contributed by atoms with van der Waals surface area (Å²) in [6, 6.07) is 5.54. The average molecular weight is 349 g/mol. The van der Waals surface area contributed by atoms with Gasteiger partial charge in [-0.05, 0) is 43.5 Å². The van der Waals surface area contributed by atoms with Gasteiger partial charge < -0.3 is 15.0 Å². The number of piperazine rings is 1. The first-order valence-electron chi connectivity index (χ1n) is 8.81. The predicted molar refractivity (Wildman–Crippen MR) is 90.7 cm³/mol. The summed E-state index contributed by atoms with van der Waals surface area (Å²) in [5, 5.41) is 2.96. The van der Waals surface area contributed by atoms with E-state index in [9.17, 15) is 14.0 Å². The first-order valence-corrected chi connectivity index (χ1v) is 8.81. The van der Waals surface area contributed by atoms with Crippen LogP contribution in [0.15, 0.2) is 24.3 Å². The van der Waals surface area contributed by atoms with Crippen molar-refractivity contribution in [3.05, 3.63) is 30.1 Å². The van der Waals surface area contributed by atoms with Crippen LogP contribution in [0.4, 0.5) is 4.39 Å².